The average Bonchev–Trinajstić information content (AvgIpc) is 2.30. The minimum absolute atomic E-state index is 0.171. The normalized spacial score (nSPS) is 28.5. The van der Waals surface area contributed by atoms with Crippen molar-refractivity contribution in [1.82, 2.24) is 10.6 Å². The number of hydrogen-bond acceptors (Lipinski definition) is 2. The van der Waals surface area contributed by atoms with E-state index in [1.54, 1.807) is 0 Å². The number of urea groups is 1. The average molecular weight is 257 g/mol. The highest BCUT2D eigenvalue weighted by atomic mass is 32.1. The van der Waals surface area contributed by atoms with Crippen molar-refractivity contribution in [3.05, 3.63) is 0 Å². The van der Waals surface area contributed by atoms with Crippen molar-refractivity contribution in [2.24, 2.45) is 11.7 Å². The molecule has 1 saturated carbocycles. The van der Waals surface area contributed by atoms with Crippen LogP contribution in [0.4, 0.5) is 4.79 Å². The number of amides is 2. The molecule has 0 unspecified atom stereocenters. The van der Waals surface area contributed by atoms with Crippen molar-refractivity contribution in [3.63, 3.8) is 0 Å². The largest absolute Gasteiger partial charge is 0.391 e. The zero-order valence-corrected chi connectivity index (χ0v) is 11.5. The number of carbonyl (C=O) groups excluding carboxylic acids is 1. The monoisotopic (exact) mass is 257 g/mol. The molecule has 0 saturated heterocycles. The first kappa shape index (κ1) is 14.2. The molecule has 0 atom stereocenters. The number of hydrogen-bond donors (Lipinski definition) is 3. The van der Waals surface area contributed by atoms with Gasteiger partial charge in [-0.2, -0.15) is 0 Å². The molecule has 0 heterocycles. The van der Waals surface area contributed by atoms with E-state index in [0.29, 0.717) is 11.5 Å². The highest BCUT2D eigenvalue weighted by Gasteiger charge is 2.38. The number of thiocarbonyl (C=S) groups is 1. The van der Waals surface area contributed by atoms with Crippen LogP contribution in [0.1, 0.15) is 46.0 Å². The summed E-state index contributed by atoms with van der Waals surface area (Å²) in [5, 5.41) is 5.69. The second-order valence-electron chi connectivity index (χ2n) is 4.78. The Morgan fingerprint density at radius 3 is 2.41 bits per heavy atom. The molecule has 1 aliphatic rings. The van der Waals surface area contributed by atoms with E-state index in [4.69, 9.17) is 18.0 Å². The van der Waals surface area contributed by atoms with Gasteiger partial charge in [0.1, 0.15) is 0 Å². The molecular weight excluding hydrogens is 234 g/mol. The summed E-state index contributed by atoms with van der Waals surface area (Å²) < 4.78 is 0. The Morgan fingerprint density at radius 2 is 2.00 bits per heavy atom. The van der Waals surface area contributed by atoms with Crippen LogP contribution in [0.2, 0.25) is 0 Å². The van der Waals surface area contributed by atoms with Crippen LogP contribution < -0.4 is 16.4 Å². The molecule has 1 fully saturated rings. The van der Waals surface area contributed by atoms with Crippen LogP contribution in [0.5, 0.6) is 0 Å². The standard InChI is InChI=1S/C12H23N3OS/c1-3-9-5-7-12(8-6-9,10(13)17)15-11(16)14-4-2/h9H,3-8H2,1-2H3,(H2,13,17)(H2,14,15,16). The Hall–Kier alpha value is -0.840. The maximum Gasteiger partial charge on any atom is 0.315 e. The van der Waals surface area contributed by atoms with Gasteiger partial charge in [0.25, 0.3) is 0 Å². The van der Waals surface area contributed by atoms with Gasteiger partial charge < -0.3 is 16.4 Å². The lowest BCUT2D eigenvalue weighted by Gasteiger charge is -2.39. The summed E-state index contributed by atoms with van der Waals surface area (Å²) in [6.45, 7) is 4.70. The summed E-state index contributed by atoms with van der Waals surface area (Å²) in [6.07, 6.45) is 5.07. The van der Waals surface area contributed by atoms with Crippen LogP contribution in [0.3, 0.4) is 0 Å². The van der Waals surface area contributed by atoms with Crippen molar-refractivity contribution < 1.29 is 4.79 Å². The van der Waals surface area contributed by atoms with Crippen LogP contribution in [0.25, 0.3) is 0 Å². The fourth-order valence-electron chi connectivity index (χ4n) is 2.43. The zero-order valence-electron chi connectivity index (χ0n) is 10.7. The van der Waals surface area contributed by atoms with Crippen LogP contribution in [0.15, 0.2) is 0 Å². The second-order valence-corrected chi connectivity index (χ2v) is 5.22. The topological polar surface area (TPSA) is 67.2 Å². The van der Waals surface area contributed by atoms with Gasteiger partial charge in [0.05, 0.1) is 10.5 Å². The van der Waals surface area contributed by atoms with Gasteiger partial charge in [-0.25, -0.2) is 4.79 Å². The van der Waals surface area contributed by atoms with Crippen molar-refractivity contribution in [3.8, 4) is 0 Å². The molecule has 5 heteroatoms. The van der Waals surface area contributed by atoms with Gasteiger partial charge >= 0.3 is 6.03 Å². The summed E-state index contributed by atoms with van der Waals surface area (Å²) in [4.78, 5) is 12.0. The summed E-state index contributed by atoms with van der Waals surface area (Å²) >= 11 is 5.14. The number of rotatable bonds is 4. The van der Waals surface area contributed by atoms with Crippen LogP contribution >= 0.6 is 12.2 Å². The molecule has 17 heavy (non-hydrogen) atoms. The Bertz CT molecular complexity index is 285. The van der Waals surface area contributed by atoms with E-state index in [0.717, 1.165) is 31.6 Å². The fourth-order valence-corrected chi connectivity index (χ4v) is 2.69. The lowest BCUT2D eigenvalue weighted by atomic mass is 9.75. The first-order valence-corrected chi connectivity index (χ1v) is 6.80. The van der Waals surface area contributed by atoms with E-state index >= 15 is 0 Å². The van der Waals surface area contributed by atoms with Gasteiger partial charge in [-0.15, -0.1) is 0 Å². The molecule has 0 spiro atoms. The molecule has 0 aromatic rings. The van der Waals surface area contributed by atoms with Crippen molar-refractivity contribution in [1.29, 1.82) is 0 Å². The lowest BCUT2D eigenvalue weighted by molar-refractivity contribution is 0.213. The minimum atomic E-state index is -0.472. The third-order valence-corrected chi connectivity index (χ3v) is 4.09. The quantitative estimate of drug-likeness (QED) is 0.674. The number of carbonyl (C=O) groups is 1. The summed E-state index contributed by atoms with van der Waals surface area (Å²) in [5.74, 6) is 0.744. The maximum atomic E-state index is 11.6. The number of nitrogens with two attached hydrogens (primary N) is 1. The van der Waals surface area contributed by atoms with E-state index in [1.165, 1.54) is 6.42 Å². The lowest BCUT2D eigenvalue weighted by Crippen LogP contribution is -2.60. The van der Waals surface area contributed by atoms with Crippen LogP contribution in [-0.4, -0.2) is 23.1 Å². The van der Waals surface area contributed by atoms with Crippen molar-refractivity contribution in [2.45, 2.75) is 51.5 Å². The van der Waals surface area contributed by atoms with E-state index in [1.807, 2.05) is 6.92 Å². The van der Waals surface area contributed by atoms with E-state index < -0.39 is 5.54 Å². The second kappa shape index (κ2) is 6.19. The van der Waals surface area contributed by atoms with Crippen molar-refractivity contribution >= 4 is 23.2 Å². The molecule has 4 N–H and O–H groups in total. The molecule has 2 amide bonds. The number of nitrogens with one attached hydrogen (secondary N) is 2. The molecule has 0 bridgehead atoms. The minimum Gasteiger partial charge on any atom is -0.391 e. The summed E-state index contributed by atoms with van der Waals surface area (Å²) in [7, 11) is 0. The predicted octanol–water partition coefficient (Wildman–Crippen LogP) is 1.93. The predicted molar refractivity (Wildman–Crippen MR) is 74.0 cm³/mol. The van der Waals surface area contributed by atoms with E-state index in [-0.39, 0.29) is 6.03 Å². The molecule has 0 aromatic carbocycles. The summed E-state index contributed by atoms with van der Waals surface area (Å²) in [5.41, 5.74) is 5.35. The first-order chi connectivity index (χ1) is 8.04. The zero-order chi connectivity index (χ0) is 12.9. The molecule has 0 aromatic heterocycles. The highest BCUT2D eigenvalue weighted by molar-refractivity contribution is 7.80. The first-order valence-electron chi connectivity index (χ1n) is 6.40. The van der Waals surface area contributed by atoms with Gasteiger partial charge in [-0.1, -0.05) is 25.6 Å². The Balaban J connectivity index is 2.65. The molecule has 1 rings (SSSR count). The van der Waals surface area contributed by atoms with Gasteiger partial charge in [0.2, 0.25) is 0 Å². The molecular formula is C12H23N3OS. The molecule has 0 radical (unpaired) electrons. The highest BCUT2D eigenvalue weighted by Crippen LogP contribution is 2.33. The molecule has 4 nitrogen and oxygen atoms in total. The van der Waals surface area contributed by atoms with Gasteiger partial charge in [0.15, 0.2) is 0 Å². The van der Waals surface area contributed by atoms with Gasteiger partial charge in [-0.3, -0.25) is 0 Å². The third-order valence-electron chi connectivity index (χ3n) is 3.70. The van der Waals surface area contributed by atoms with Crippen molar-refractivity contribution in [2.75, 3.05) is 6.54 Å². The molecule has 0 aliphatic heterocycles. The third kappa shape index (κ3) is 3.56. The van der Waals surface area contributed by atoms with Crippen LogP contribution in [-0.2, 0) is 0 Å². The van der Waals surface area contributed by atoms with Gasteiger partial charge in [0, 0.05) is 6.54 Å². The Labute approximate surface area is 109 Å². The summed E-state index contributed by atoms with van der Waals surface area (Å²) in [6, 6.07) is -0.171. The fraction of sp³-hybridized carbons (Fsp3) is 0.833. The SMILES string of the molecule is CCNC(=O)NC1(C(N)=S)CCC(CC)CC1. The van der Waals surface area contributed by atoms with E-state index in [9.17, 15) is 4.79 Å². The van der Waals surface area contributed by atoms with E-state index in [2.05, 4.69) is 17.6 Å². The Kier molecular flexibility index (Phi) is 5.18. The maximum absolute atomic E-state index is 11.6. The molecule has 1 aliphatic carbocycles. The van der Waals surface area contributed by atoms with Gasteiger partial charge in [-0.05, 0) is 38.5 Å². The molecule has 98 valence electrons. The Morgan fingerprint density at radius 1 is 1.41 bits per heavy atom. The smallest absolute Gasteiger partial charge is 0.315 e. The van der Waals surface area contributed by atoms with Crippen LogP contribution in [0, 0.1) is 5.92 Å².